The summed E-state index contributed by atoms with van der Waals surface area (Å²) >= 11 is 0. The maximum absolute atomic E-state index is 12.1. The van der Waals surface area contributed by atoms with Crippen molar-refractivity contribution < 1.29 is 4.79 Å². The molecule has 1 aromatic carbocycles. The molecule has 24 heavy (non-hydrogen) atoms. The van der Waals surface area contributed by atoms with Crippen LogP contribution in [0.25, 0.3) is 5.69 Å². The van der Waals surface area contributed by atoms with Crippen molar-refractivity contribution in [2.24, 2.45) is 0 Å². The molecule has 0 aliphatic carbocycles. The largest absolute Gasteiger partial charge is 0.350 e. The van der Waals surface area contributed by atoms with Crippen molar-refractivity contribution in [2.45, 2.75) is 25.8 Å². The molecule has 0 bridgehead atoms. The molecule has 1 N–H and O–H groups in total. The molecule has 0 spiro atoms. The second-order valence-corrected chi connectivity index (χ2v) is 5.65. The molecule has 6 heteroatoms. The second-order valence-electron chi connectivity index (χ2n) is 5.65. The Morgan fingerprint density at radius 2 is 1.92 bits per heavy atom. The Morgan fingerprint density at radius 1 is 1.17 bits per heavy atom. The van der Waals surface area contributed by atoms with Gasteiger partial charge in [0, 0.05) is 18.8 Å². The summed E-state index contributed by atoms with van der Waals surface area (Å²) in [6.45, 7) is 2.42. The average Bonchev–Trinajstić information content (AvgIpc) is 3.10. The summed E-state index contributed by atoms with van der Waals surface area (Å²) in [7, 11) is 0. The fourth-order valence-corrected chi connectivity index (χ4v) is 2.44. The molecule has 1 amide bonds. The van der Waals surface area contributed by atoms with Gasteiger partial charge in [-0.15, -0.1) is 5.10 Å². The third kappa shape index (κ3) is 4.04. The lowest BCUT2D eigenvalue weighted by Crippen LogP contribution is -2.24. The Morgan fingerprint density at radius 3 is 2.67 bits per heavy atom. The van der Waals surface area contributed by atoms with Crippen LogP contribution in [0.15, 0.2) is 61.1 Å². The fraction of sp³-hybridized carbons (Fsp3) is 0.222. The standard InChI is InChI=1S/C18H19N5O/c1-14(15-5-3-2-4-6-15)11-18(24)20-12-16-13-23(22-21-16)17-7-9-19-10-8-17/h2-10,13-14H,11-12H2,1H3,(H,20,24). The van der Waals surface area contributed by atoms with Crippen molar-refractivity contribution >= 4 is 5.91 Å². The van der Waals surface area contributed by atoms with E-state index < -0.39 is 0 Å². The number of hydrogen-bond donors (Lipinski definition) is 1. The van der Waals surface area contributed by atoms with E-state index in [2.05, 4.69) is 27.5 Å². The summed E-state index contributed by atoms with van der Waals surface area (Å²) < 4.78 is 1.66. The maximum Gasteiger partial charge on any atom is 0.220 e. The smallest absolute Gasteiger partial charge is 0.220 e. The molecule has 3 aromatic rings. The van der Waals surface area contributed by atoms with Gasteiger partial charge in [0.15, 0.2) is 0 Å². The summed E-state index contributed by atoms with van der Waals surface area (Å²) in [5.41, 5.74) is 2.76. The molecule has 2 heterocycles. The first-order chi connectivity index (χ1) is 11.7. The molecule has 122 valence electrons. The van der Waals surface area contributed by atoms with Gasteiger partial charge in [0.05, 0.1) is 18.4 Å². The first-order valence-corrected chi connectivity index (χ1v) is 7.85. The number of nitrogens with zero attached hydrogens (tertiary/aromatic N) is 4. The van der Waals surface area contributed by atoms with Gasteiger partial charge in [0.25, 0.3) is 0 Å². The highest BCUT2D eigenvalue weighted by Gasteiger charge is 2.11. The lowest BCUT2D eigenvalue weighted by atomic mass is 9.98. The number of amides is 1. The monoisotopic (exact) mass is 321 g/mol. The normalized spacial score (nSPS) is 11.9. The van der Waals surface area contributed by atoms with Crippen LogP contribution in [0.3, 0.4) is 0 Å². The minimum absolute atomic E-state index is 0.00446. The van der Waals surface area contributed by atoms with Gasteiger partial charge in [-0.1, -0.05) is 42.5 Å². The van der Waals surface area contributed by atoms with Gasteiger partial charge in [-0.25, -0.2) is 4.68 Å². The van der Waals surface area contributed by atoms with Crippen LogP contribution < -0.4 is 5.32 Å². The van der Waals surface area contributed by atoms with Crippen LogP contribution in [0.4, 0.5) is 0 Å². The molecule has 1 unspecified atom stereocenters. The zero-order valence-corrected chi connectivity index (χ0v) is 13.5. The minimum Gasteiger partial charge on any atom is -0.350 e. The molecular weight excluding hydrogens is 302 g/mol. The van der Waals surface area contributed by atoms with Crippen LogP contribution in [0.2, 0.25) is 0 Å². The molecule has 0 aliphatic rings. The van der Waals surface area contributed by atoms with Gasteiger partial charge in [0.1, 0.15) is 5.69 Å². The minimum atomic E-state index is 0.00446. The summed E-state index contributed by atoms with van der Waals surface area (Å²) in [6, 6.07) is 13.7. The van der Waals surface area contributed by atoms with Gasteiger partial charge < -0.3 is 5.32 Å². The summed E-state index contributed by atoms with van der Waals surface area (Å²) in [4.78, 5) is 16.1. The summed E-state index contributed by atoms with van der Waals surface area (Å²) in [5.74, 6) is 0.184. The zero-order chi connectivity index (χ0) is 16.8. The number of carbonyl (C=O) groups excluding carboxylic acids is 1. The predicted molar refractivity (Wildman–Crippen MR) is 90.5 cm³/mol. The van der Waals surface area contributed by atoms with Crippen LogP contribution in [-0.4, -0.2) is 25.9 Å². The van der Waals surface area contributed by atoms with E-state index in [-0.39, 0.29) is 11.8 Å². The Hall–Kier alpha value is -3.02. The van der Waals surface area contributed by atoms with Crippen molar-refractivity contribution in [3.63, 3.8) is 0 Å². The molecule has 0 saturated carbocycles. The van der Waals surface area contributed by atoms with Gasteiger partial charge >= 0.3 is 0 Å². The van der Waals surface area contributed by atoms with E-state index in [4.69, 9.17) is 0 Å². The van der Waals surface area contributed by atoms with Crippen LogP contribution in [0.5, 0.6) is 0 Å². The van der Waals surface area contributed by atoms with Crippen LogP contribution in [-0.2, 0) is 11.3 Å². The third-order valence-corrected chi connectivity index (χ3v) is 3.79. The average molecular weight is 321 g/mol. The number of carbonyl (C=O) groups is 1. The Balaban J connectivity index is 1.53. The van der Waals surface area contributed by atoms with Crippen molar-refractivity contribution in [2.75, 3.05) is 0 Å². The molecule has 0 radical (unpaired) electrons. The van der Waals surface area contributed by atoms with Crippen LogP contribution in [0.1, 0.15) is 30.5 Å². The molecule has 1 atom stereocenters. The molecule has 0 saturated heterocycles. The third-order valence-electron chi connectivity index (χ3n) is 3.79. The topological polar surface area (TPSA) is 72.7 Å². The van der Waals surface area contributed by atoms with Crippen molar-refractivity contribution in [1.82, 2.24) is 25.3 Å². The van der Waals surface area contributed by atoms with Crippen LogP contribution in [0, 0.1) is 0 Å². The molecule has 2 aromatic heterocycles. The number of rotatable bonds is 6. The van der Waals surface area contributed by atoms with Crippen LogP contribution >= 0.6 is 0 Å². The van der Waals surface area contributed by atoms with Crippen molar-refractivity contribution in [1.29, 1.82) is 0 Å². The Labute approximate surface area is 140 Å². The number of aromatic nitrogens is 4. The number of hydrogen-bond acceptors (Lipinski definition) is 4. The summed E-state index contributed by atoms with van der Waals surface area (Å²) in [5, 5.41) is 11.0. The van der Waals surface area contributed by atoms with Gasteiger partial charge in [0.2, 0.25) is 5.91 Å². The highest BCUT2D eigenvalue weighted by atomic mass is 16.1. The lowest BCUT2D eigenvalue weighted by Gasteiger charge is -2.11. The van der Waals surface area contributed by atoms with Gasteiger partial charge in [-0.2, -0.15) is 0 Å². The number of nitrogens with one attached hydrogen (secondary N) is 1. The predicted octanol–water partition coefficient (Wildman–Crippen LogP) is 2.47. The van der Waals surface area contributed by atoms with E-state index in [1.807, 2.05) is 42.5 Å². The number of benzene rings is 1. The van der Waals surface area contributed by atoms with Crippen molar-refractivity contribution in [3.05, 3.63) is 72.3 Å². The highest BCUT2D eigenvalue weighted by molar-refractivity contribution is 5.76. The van der Waals surface area contributed by atoms with E-state index in [0.717, 1.165) is 11.3 Å². The molecule has 3 rings (SSSR count). The van der Waals surface area contributed by atoms with E-state index in [1.165, 1.54) is 0 Å². The van der Waals surface area contributed by atoms with E-state index in [0.29, 0.717) is 18.7 Å². The van der Waals surface area contributed by atoms with Gasteiger partial charge in [-0.3, -0.25) is 9.78 Å². The molecule has 6 nitrogen and oxygen atoms in total. The van der Waals surface area contributed by atoms with E-state index in [9.17, 15) is 4.79 Å². The first kappa shape index (κ1) is 15.9. The van der Waals surface area contributed by atoms with Gasteiger partial charge in [-0.05, 0) is 23.6 Å². The fourth-order valence-electron chi connectivity index (χ4n) is 2.44. The highest BCUT2D eigenvalue weighted by Crippen LogP contribution is 2.18. The summed E-state index contributed by atoms with van der Waals surface area (Å²) in [6.07, 6.45) is 5.64. The van der Waals surface area contributed by atoms with E-state index >= 15 is 0 Å². The second kappa shape index (κ2) is 7.50. The lowest BCUT2D eigenvalue weighted by molar-refractivity contribution is -0.121. The van der Waals surface area contributed by atoms with E-state index in [1.54, 1.807) is 23.3 Å². The SMILES string of the molecule is CC(CC(=O)NCc1cn(-c2ccncc2)nn1)c1ccccc1. The Kier molecular flexibility index (Phi) is 4.96. The molecule has 0 aliphatic heterocycles. The molecule has 0 fully saturated rings. The quantitative estimate of drug-likeness (QED) is 0.757. The number of pyridine rings is 1. The molecular formula is C18H19N5O. The first-order valence-electron chi connectivity index (χ1n) is 7.85. The Bertz CT molecular complexity index is 785. The van der Waals surface area contributed by atoms with Crippen molar-refractivity contribution in [3.8, 4) is 5.69 Å². The maximum atomic E-state index is 12.1. The zero-order valence-electron chi connectivity index (χ0n) is 13.5.